The number of rotatable bonds is 5. The van der Waals surface area contributed by atoms with Gasteiger partial charge in [0.1, 0.15) is 17.7 Å². The summed E-state index contributed by atoms with van der Waals surface area (Å²) in [6, 6.07) is 10.1. The molecule has 1 aliphatic carbocycles. The monoisotopic (exact) mass is 532 g/mol. The molecule has 34 heavy (non-hydrogen) atoms. The molecule has 0 radical (unpaired) electrons. The van der Waals surface area contributed by atoms with E-state index in [1.165, 1.54) is 32.8 Å². The van der Waals surface area contributed by atoms with Crippen molar-refractivity contribution in [3.63, 3.8) is 0 Å². The number of anilines is 1. The highest BCUT2D eigenvalue weighted by molar-refractivity contribution is 9.10. The van der Waals surface area contributed by atoms with Crippen LogP contribution in [0.1, 0.15) is 50.7 Å². The Hall–Kier alpha value is -3.11. The SMILES string of the molecule is COC(=O)c1ccc(Br)o1.COC(=O)c1ccc(C(O)c2ccc(N3CC4CC4C3)nc2C)o1. The van der Waals surface area contributed by atoms with Gasteiger partial charge in [-0.3, -0.25) is 0 Å². The van der Waals surface area contributed by atoms with Gasteiger partial charge >= 0.3 is 11.9 Å². The van der Waals surface area contributed by atoms with Gasteiger partial charge in [-0.15, -0.1) is 0 Å². The van der Waals surface area contributed by atoms with Crippen molar-refractivity contribution in [3.05, 3.63) is 69.6 Å². The minimum atomic E-state index is -0.961. The second-order valence-corrected chi connectivity index (χ2v) is 8.98. The fourth-order valence-electron chi connectivity index (χ4n) is 4.00. The van der Waals surface area contributed by atoms with Gasteiger partial charge in [-0.25, -0.2) is 14.6 Å². The Labute approximate surface area is 204 Å². The lowest BCUT2D eigenvalue weighted by molar-refractivity contribution is 0.0552. The molecule has 9 nitrogen and oxygen atoms in total. The lowest BCUT2D eigenvalue weighted by atomic mass is 10.1. The number of hydrogen-bond acceptors (Lipinski definition) is 9. The van der Waals surface area contributed by atoms with Crippen molar-refractivity contribution >= 4 is 33.7 Å². The number of nitrogens with zero attached hydrogens (tertiary/aromatic N) is 2. The highest BCUT2D eigenvalue weighted by Gasteiger charge is 2.45. The van der Waals surface area contributed by atoms with Crippen molar-refractivity contribution < 1.29 is 33.0 Å². The highest BCUT2D eigenvalue weighted by atomic mass is 79.9. The molecule has 10 heteroatoms. The average Bonchev–Trinajstić information content (AvgIpc) is 3.26. The maximum Gasteiger partial charge on any atom is 0.373 e. The van der Waals surface area contributed by atoms with Gasteiger partial charge in [0.05, 0.1) is 14.2 Å². The Morgan fingerprint density at radius 2 is 1.65 bits per heavy atom. The van der Waals surface area contributed by atoms with E-state index in [0.29, 0.717) is 16.0 Å². The number of esters is 2. The molecule has 3 atom stereocenters. The van der Waals surface area contributed by atoms with E-state index >= 15 is 0 Å². The molecule has 1 aliphatic heterocycles. The van der Waals surface area contributed by atoms with Crippen molar-refractivity contribution in [2.75, 3.05) is 32.2 Å². The van der Waals surface area contributed by atoms with E-state index in [2.05, 4.69) is 35.3 Å². The smallest absolute Gasteiger partial charge is 0.373 e. The second-order valence-electron chi connectivity index (χ2n) is 8.20. The van der Waals surface area contributed by atoms with Crippen molar-refractivity contribution in [1.82, 2.24) is 4.98 Å². The molecule has 3 aromatic rings. The van der Waals surface area contributed by atoms with Gasteiger partial charge in [0.25, 0.3) is 0 Å². The minimum absolute atomic E-state index is 0.0741. The van der Waals surface area contributed by atoms with Crippen LogP contribution in [0.2, 0.25) is 0 Å². The predicted octanol–water partition coefficient (Wildman–Crippen LogP) is 4.14. The number of halogens is 1. The van der Waals surface area contributed by atoms with Crippen LogP contribution in [0.3, 0.4) is 0 Å². The number of furan rings is 2. The number of ether oxygens (including phenoxy) is 2. The Bertz CT molecular complexity index is 1180. The quantitative estimate of drug-likeness (QED) is 0.484. The second kappa shape index (κ2) is 10.0. The summed E-state index contributed by atoms with van der Waals surface area (Å²) in [5.74, 6) is 2.20. The molecule has 0 amide bonds. The standard InChI is InChI=1S/C18H20N2O4.C6H5BrO3/c1-10-13(17(21)14-4-5-15(24-14)18(22)23-2)3-6-16(19-10)20-8-11-7-12(11)9-20;1-9-6(8)4-2-3-5(7)10-4/h3-6,11-12,17,21H,7-9H2,1-2H3;2-3H,1H3. The molecule has 1 N–H and O–H groups in total. The first-order valence-corrected chi connectivity index (χ1v) is 11.5. The van der Waals surface area contributed by atoms with Gasteiger partial charge in [-0.2, -0.15) is 0 Å². The zero-order chi connectivity index (χ0) is 24.4. The molecule has 5 rings (SSSR count). The third-order valence-corrected chi connectivity index (χ3v) is 6.38. The Morgan fingerprint density at radius 1 is 1.03 bits per heavy atom. The number of aliphatic hydroxyl groups is 1. The normalized spacial score (nSPS) is 19.0. The molecule has 0 spiro atoms. The topological polar surface area (TPSA) is 115 Å². The minimum Gasteiger partial charge on any atom is -0.463 e. The summed E-state index contributed by atoms with van der Waals surface area (Å²) in [5, 5.41) is 10.5. The summed E-state index contributed by atoms with van der Waals surface area (Å²) in [7, 11) is 2.59. The summed E-state index contributed by atoms with van der Waals surface area (Å²) in [4.78, 5) is 29.1. The lowest BCUT2D eigenvalue weighted by Gasteiger charge is -2.21. The van der Waals surface area contributed by atoms with Crippen LogP contribution in [-0.2, 0) is 9.47 Å². The summed E-state index contributed by atoms with van der Waals surface area (Å²) >= 11 is 3.06. The first-order valence-electron chi connectivity index (χ1n) is 10.7. The van der Waals surface area contributed by atoms with Crippen molar-refractivity contribution in [3.8, 4) is 0 Å². The van der Waals surface area contributed by atoms with Crippen molar-refractivity contribution in [1.29, 1.82) is 0 Å². The van der Waals surface area contributed by atoms with Crippen LogP contribution in [0, 0.1) is 18.8 Å². The third-order valence-electron chi connectivity index (χ3n) is 5.95. The van der Waals surface area contributed by atoms with Crippen LogP contribution >= 0.6 is 15.9 Å². The third kappa shape index (κ3) is 5.18. The van der Waals surface area contributed by atoms with Gasteiger partial charge in [0.15, 0.2) is 4.67 Å². The molecule has 4 heterocycles. The number of carbonyl (C=O) groups is 2. The first kappa shape index (κ1) is 24.0. The van der Waals surface area contributed by atoms with Crippen molar-refractivity contribution in [2.24, 2.45) is 11.8 Å². The zero-order valence-electron chi connectivity index (χ0n) is 19.0. The molecule has 1 saturated carbocycles. The highest BCUT2D eigenvalue weighted by Crippen LogP contribution is 2.46. The molecule has 0 aromatic carbocycles. The number of pyridine rings is 1. The van der Waals surface area contributed by atoms with Gasteiger partial charge in [-0.1, -0.05) is 6.07 Å². The molecular weight excluding hydrogens is 508 g/mol. The van der Waals surface area contributed by atoms with E-state index in [0.717, 1.165) is 36.4 Å². The van der Waals surface area contributed by atoms with E-state index in [9.17, 15) is 14.7 Å². The summed E-state index contributed by atoms with van der Waals surface area (Å²) in [6.45, 7) is 4.04. The molecule has 0 bridgehead atoms. The van der Waals surface area contributed by atoms with E-state index < -0.39 is 18.0 Å². The predicted molar refractivity (Wildman–Crippen MR) is 125 cm³/mol. The van der Waals surface area contributed by atoms with Crippen LogP contribution in [0.25, 0.3) is 0 Å². The van der Waals surface area contributed by atoms with Crippen LogP contribution in [0.4, 0.5) is 5.82 Å². The van der Waals surface area contributed by atoms with E-state index in [4.69, 9.17) is 8.83 Å². The van der Waals surface area contributed by atoms with Crippen LogP contribution in [0.15, 0.2) is 49.9 Å². The summed E-state index contributed by atoms with van der Waals surface area (Å²) in [5.41, 5.74) is 1.44. The number of piperidine rings is 1. The fourth-order valence-corrected chi connectivity index (χ4v) is 4.30. The fraction of sp³-hybridized carbons (Fsp3) is 0.375. The Balaban J connectivity index is 0.000000231. The molecule has 1 saturated heterocycles. The maximum absolute atomic E-state index is 11.5. The first-order chi connectivity index (χ1) is 16.3. The van der Waals surface area contributed by atoms with E-state index in [1.54, 1.807) is 12.1 Å². The number of fused-ring (bicyclic) bond motifs is 1. The van der Waals surface area contributed by atoms with Crippen LogP contribution in [0.5, 0.6) is 0 Å². The maximum atomic E-state index is 11.5. The Morgan fingerprint density at radius 3 is 2.21 bits per heavy atom. The number of aliphatic hydroxyl groups excluding tert-OH is 1. The molecule has 2 fully saturated rings. The van der Waals surface area contributed by atoms with Crippen molar-refractivity contribution in [2.45, 2.75) is 19.4 Å². The molecule has 2 aliphatic rings. The van der Waals surface area contributed by atoms with E-state index in [1.807, 2.05) is 19.1 Å². The number of aromatic nitrogens is 1. The van der Waals surface area contributed by atoms with Crippen LogP contribution in [-0.4, -0.2) is 49.3 Å². The zero-order valence-corrected chi connectivity index (χ0v) is 20.6. The lowest BCUT2D eigenvalue weighted by Crippen LogP contribution is -2.23. The molecule has 3 unspecified atom stereocenters. The molecule has 3 aromatic heterocycles. The van der Waals surface area contributed by atoms with Gasteiger partial charge in [-0.05, 0) is 71.4 Å². The summed E-state index contributed by atoms with van der Waals surface area (Å²) < 4.78 is 19.8. The van der Waals surface area contributed by atoms with Gasteiger partial charge < -0.3 is 28.3 Å². The molecular formula is C24H25BrN2O7. The number of carbonyl (C=O) groups excluding carboxylic acids is 2. The molecule has 180 valence electrons. The van der Waals surface area contributed by atoms with Gasteiger partial charge in [0.2, 0.25) is 11.5 Å². The average molecular weight is 533 g/mol. The number of aryl methyl sites for hydroxylation is 1. The largest absolute Gasteiger partial charge is 0.463 e. The number of methoxy groups -OCH3 is 2. The Kier molecular flexibility index (Phi) is 7.08. The van der Waals surface area contributed by atoms with E-state index in [-0.39, 0.29) is 11.5 Å². The van der Waals surface area contributed by atoms with Gasteiger partial charge in [0, 0.05) is 24.3 Å². The summed E-state index contributed by atoms with van der Waals surface area (Å²) in [6.07, 6.45) is 0.393. The number of hydrogen-bond donors (Lipinski definition) is 1. The van der Waals surface area contributed by atoms with Crippen LogP contribution < -0.4 is 4.90 Å².